The number of nitrogens with zero attached hydrogens (tertiary/aromatic N) is 4. The molecule has 9 heteroatoms. The van der Waals surface area contributed by atoms with Crippen molar-refractivity contribution in [2.75, 3.05) is 0 Å². The Morgan fingerprint density at radius 3 is 2.97 bits per heavy atom. The van der Waals surface area contributed by atoms with Crippen molar-refractivity contribution in [2.45, 2.75) is 43.6 Å². The zero-order chi connectivity index (χ0) is 20.4. The maximum atomic E-state index is 13.3. The average Bonchev–Trinajstić information content (AvgIpc) is 3.44. The molecule has 0 saturated heterocycles. The van der Waals surface area contributed by atoms with Gasteiger partial charge in [-0.3, -0.25) is 9.36 Å². The summed E-state index contributed by atoms with van der Waals surface area (Å²) in [7, 11) is 0. The van der Waals surface area contributed by atoms with E-state index in [9.17, 15) is 4.79 Å². The predicted octanol–water partition coefficient (Wildman–Crippen LogP) is 5.56. The Balaban J connectivity index is 1.74. The number of hydrogen-bond acceptors (Lipinski definition) is 8. The van der Waals surface area contributed by atoms with Crippen LogP contribution in [0.15, 0.2) is 50.0 Å². The minimum Gasteiger partial charge on any atom is -0.338 e. The molecule has 4 heterocycles. The number of thiophene rings is 2. The fourth-order valence-corrected chi connectivity index (χ4v) is 5.72. The van der Waals surface area contributed by atoms with E-state index in [1.807, 2.05) is 29.8 Å². The zero-order valence-corrected chi connectivity index (χ0v) is 18.6. The van der Waals surface area contributed by atoms with Crippen LogP contribution in [0.1, 0.15) is 37.2 Å². The highest BCUT2D eigenvalue weighted by Gasteiger charge is 2.22. The van der Waals surface area contributed by atoms with Crippen LogP contribution in [0.25, 0.3) is 20.7 Å². The molecule has 6 nitrogen and oxygen atoms in total. The quantitative estimate of drug-likeness (QED) is 0.201. The van der Waals surface area contributed by atoms with Gasteiger partial charge < -0.3 is 4.52 Å². The fourth-order valence-electron chi connectivity index (χ4n) is 2.97. The number of fused-ring (bicyclic) bond motifs is 1. The van der Waals surface area contributed by atoms with E-state index in [0.29, 0.717) is 28.8 Å². The lowest BCUT2D eigenvalue weighted by Gasteiger charge is -2.12. The second-order valence-electron chi connectivity index (χ2n) is 6.46. The minimum absolute atomic E-state index is 0.0496. The first kappa shape index (κ1) is 20.1. The predicted molar refractivity (Wildman–Crippen MR) is 120 cm³/mol. The molecule has 0 saturated carbocycles. The standard InChI is InChI=1S/C20H20N4O2S3/c1-4-7-15-21-17(26-23-15)12(3)29-20-22-18-16(19(25)24(20)9-5-2)13(11-28-18)14-8-6-10-27-14/h5-6,8,10-12H,2,4,7,9H2,1,3H3. The number of aryl methyl sites for hydroxylation is 1. The summed E-state index contributed by atoms with van der Waals surface area (Å²) < 4.78 is 7.08. The largest absolute Gasteiger partial charge is 0.338 e. The van der Waals surface area contributed by atoms with Gasteiger partial charge in [-0.25, -0.2) is 4.98 Å². The number of rotatable bonds is 8. The van der Waals surface area contributed by atoms with E-state index >= 15 is 0 Å². The Kier molecular flexibility index (Phi) is 5.98. The van der Waals surface area contributed by atoms with E-state index in [1.165, 1.54) is 23.1 Å². The molecule has 0 aliphatic heterocycles. The molecule has 0 spiro atoms. The van der Waals surface area contributed by atoms with Gasteiger partial charge in [0.2, 0.25) is 5.89 Å². The molecule has 0 amide bonds. The van der Waals surface area contributed by atoms with Gasteiger partial charge in [0.05, 0.1) is 10.6 Å². The highest BCUT2D eigenvalue weighted by atomic mass is 32.2. The Morgan fingerprint density at radius 1 is 1.38 bits per heavy atom. The van der Waals surface area contributed by atoms with Crippen molar-refractivity contribution in [3.63, 3.8) is 0 Å². The Morgan fingerprint density at radius 2 is 2.24 bits per heavy atom. The molecule has 0 aromatic carbocycles. The lowest BCUT2D eigenvalue weighted by molar-refractivity contribution is 0.374. The molecule has 4 aromatic heterocycles. The molecule has 4 aromatic rings. The summed E-state index contributed by atoms with van der Waals surface area (Å²) in [5, 5.41) is 9.22. The molecular formula is C20H20N4O2S3. The van der Waals surface area contributed by atoms with Gasteiger partial charge in [0.15, 0.2) is 11.0 Å². The lowest BCUT2D eigenvalue weighted by Crippen LogP contribution is -2.22. The highest BCUT2D eigenvalue weighted by molar-refractivity contribution is 7.99. The van der Waals surface area contributed by atoms with Crippen molar-refractivity contribution in [3.8, 4) is 10.4 Å². The van der Waals surface area contributed by atoms with Crippen molar-refractivity contribution in [3.05, 3.63) is 57.6 Å². The maximum Gasteiger partial charge on any atom is 0.263 e. The summed E-state index contributed by atoms with van der Waals surface area (Å²) in [5.41, 5.74) is 0.896. The molecule has 0 aliphatic carbocycles. The normalized spacial score (nSPS) is 12.5. The minimum atomic E-state index is -0.120. The lowest BCUT2D eigenvalue weighted by atomic mass is 10.2. The van der Waals surface area contributed by atoms with E-state index in [4.69, 9.17) is 9.51 Å². The summed E-state index contributed by atoms with van der Waals surface area (Å²) >= 11 is 4.56. The first-order chi connectivity index (χ1) is 14.1. The molecule has 0 radical (unpaired) electrons. The molecule has 150 valence electrons. The van der Waals surface area contributed by atoms with E-state index in [-0.39, 0.29) is 10.8 Å². The molecule has 4 rings (SSSR count). The van der Waals surface area contributed by atoms with Crippen LogP contribution in [-0.4, -0.2) is 19.7 Å². The van der Waals surface area contributed by atoms with Gasteiger partial charge in [-0.2, -0.15) is 4.98 Å². The maximum absolute atomic E-state index is 13.3. The summed E-state index contributed by atoms with van der Waals surface area (Å²) in [4.78, 5) is 24.4. The number of hydrogen-bond donors (Lipinski definition) is 0. The Labute approximate surface area is 180 Å². The summed E-state index contributed by atoms with van der Waals surface area (Å²) in [6.07, 6.45) is 3.46. The second-order valence-corrected chi connectivity index (χ2v) is 9.58. The van der Waals surface area contributed by atoms with Crippen molar-refractivity contribution in [1.29, 1.82) is 0 Å². The van der Waals surface area contributed by atoms with E-state index in [0.717, 1.165) is 28.1 Å². The second kappa shape index (κ2) is 8.64. The number of aromatic nitrogens is 4. The first-order valence-electron chi connectivity index (χ1n) is 9.28. The molecule has 1 unspecified atom stereocenters. The Hall–Kier alpha value is -2.23. The molecule has 1 atom stereocenters. The molecule has 0 N–H and O–H groups in total. The van der Waals surface area contributed by atoms with Crippen LogP contribution in [0.3, 0.4) is 0 Å². The fraction of sp³-hybridized carbons (Fsp3) is 0.300. The zero-order valence-electron chi connectivity index (χ0n) is 16.1. The van der Waals surface area contributed by atoms with Gasteiger partial charge in [0.1, 0.15) is 4.83 Å². The third-order valence-corrected chi connectivity index (χ3v) is 7.20. The SMILES string of the molecule is C=CCn1c(SC(C)c2nc(CCC)no2)nc2scc(-c3cccs3)c2c1=O. The monoisotopic (exact) mass is 444 g/mol. The van der Waals surface area contributed by atoms with Crippen LogP contribution in [0, 0.1) is 0 Å². The van der Waals surface area contributed by atoms with Crippen LogP contribution < -0.4 is 5.56 Å². The molecular weight excluding hydrogens is 424 g/mol. The van der Waals surface area contributed by atoms with E-state index in [2.05, 4.69) is 23.6 Å². The number of allylic oxidation sites excluding steroid dienone is 1. The highest BCUT2D eigenvalue weighted by Crippen LogP contribution is 2.37. The molecule has 0 aliphatic rings. The van der Waals surface area contributed by atoms with Gasteiger partial charge in [-0.15, -0.1) is 29.3 Å². The van der Waals surface area contributed by atoms with Crippen molar-refractivity contribution in [2.24, 2.45) is 0 Å². The van der Waals surface area contributed by atoms with Gasteiger partial charge >= 0.3 is 0 Å². The Bertz CT molecular complexity index is 1190. The third-order valence-electron chi connectivity index (χ3n) is 4.34. The first-order valence-corrected chi connectivity index (χ1v) is 11.9. The summed E-state index contributed by atoms with van der Waals surface area (Å²) in [6.45, 7) is 8.25. The van der Waals surface area contributed by atoms with Crippen molar-refractivity contribution in [1.82, 2.24) is 19.7 Å². The van der Waals surface area contributed by atoms with E-state index in [1.54, 1.807) is 22.0 Å². The number of thioether (sulfide) groups is 1. The van der Waals surface area contributed by atoms with Crippen LogP contribution >= 0.6 is 34.4 Å². The summed E-state index contributed by atoms with van der Waals surface area (Å²) in [6, 6.07) is 4.01. The van der Waals surface area contributed by atoms with Gasteiger partial charge in [-0.05, 0) is 24.8 Å². The van der Waals surface area contributed by atoms with Crippen molar-refractivity contribution >= 4 is 44.7 Å². The van der Waals surface area contributed by atoms with Crippen LogP contribution in [0.5, 0.6) is 0 Å². The molecule has 0 bridgehead atoms. The van der Waals surface area contributed by atoms with Crippen LogP contribution in [0.4, 0.5) is 0 Å². The average molecular weight is 445 g/mol. The molecule has 29 heavy (non-hydrogen) atoms. The topological polar surface area (TPSA) is 73.8 Å². The van der Waals surface area contributed by atoms with Crippen LogP contribution in [-0.2, 0) is 13.0 Å². The van der Waals surface area contributed by atoms with Gasteiger partial charge in [0.25, 0.3) is 5.56 Å². The molecule has 0 fully saturated rings. The third kappa shape index (κ3) is 3.94. The van der Waals surface area contributed by atoms with Gasteiger partial charge in [-0.1, -0.05) is 36.0 Å². The smallest absolute Gasteiger partial charge is 0.263 e. The van der Waals surface area contributed by atoms with Crippen LogP contribution in [0.2, 0.25) is 0 Å². The van der Waals surface area contributed by atoms with E-state index < -0.39 is 0 Å². The summed E-state index contributed by atoms with van der Waals surface area (Å²) in [5.74, 6) is 1.25. The van der Waals surface area contributed by atoms with Gasteiger partial charge in [0, 0.05) is 28.8 Å². The van der Waals surface area contributed by atoms with Crippen molar-refractivity contribution < 1.29 is 4.52 Å².